The third-order valence-corrected chi connectivity index (χ3v) is 4.91. The number of benzene rings is 1. The molecule has 1 aliphatic rings. The first-order chi connectivity index (χ1) is 15.0. The molecule has 1 aliphatic heterocycles. The third-order valence-electron chi connectivity index (χ3n) is 4.91. The molecule has 1 atom stereocenters. The second-order valence-corrected chi connectivity index (χ2v) is 7.55. The number of carbonyl (C=O) groups excluding carboxylic acids is 2. The van der Waals surface area contributed by atoms with Gasteiger partial charge >= 0.3 is 5.97 Å². The number of carbonyl (C=O) groups is 2. The number of rotatable bonds is 8. The summed E-state index contributed by atoms with van der Waals surface area (Å²) in [4.78, 5) is 31.7. The van der Waals surface area contributed by atoms with E-state index in [1.807, 2.05) is 18.2 Å². The summed E-state index contributed by atoms with van der Waals surface area (Å²) in [6, 6.07) is 10.3. The zero-order valence-electron chi connectivity index (χ0n) is 18.2. The van der Waals surface area contributed by atoms with Crippen LogP contribution in [0.3, 0.4) is 0 Å². The van der Waals surface area contributed by atoms with Gasteiger partial charge in [0.15, 0.2) is 0 Å². The fraction of sp³-hybridized carbons (Fsp3) is 0.435. The molecule has 8 nitrogen and oxygen atoms in total. The highest BCUT2D eigenvalue weighted by atomic mass is 16.5. The van der Waals surface area contributed by atoms with E-state index in [1.165, 1.54) is 0 Å². The van der Waals surface area contributed by atoms with Crippen molar-refractivity contribution in [2.75, 3.05) is 38.3 Å². The zero-order chi connectivity index (χ0) is 22.2. The monoisotopic (exact) mass is 427 g/mol. The molecule has 1 unspecified atom stereocenters. The lowest BCUT2D eigenvalue weighted by Gasteiger charge is -2.27. The minimum Gasteiger partial charge on any atom is -0.497 e. The van der Waals surface area contributed by atoms with Gasteiger partial charge in [0.25, 0.3) is 5.91 Å². The average molecular weight is 428 g/mol. The highest BCUT2D eigenvalue weighted by Gasteiger charge is 2.21. The van der Waals surface area contributed by atoms with Crippen molar-refractivity contribution < 1.29 is 23.8 Å². The Bertz CT molecular complexity index is 862. The molecule has 166 valence electrons. The number of hydrogen-bond donors (Lipinski definition) is 1. The normalized spacial score (nSPS) is 14.8. The highest BCUT2D eigenvalue weighted by Crippen LogP contribution is 2.22. The number of methoxy groups -OCH3 is 1. The van der Waals surface area contributed by atoms with Crippen molar-refractivity contribution in [1.82, 2.24) is 10.3 Å². The topological polar surface area (TPSA) is 90.0 Å². The standard InChI is InChI=1S/C23H29N3O5/c1-16(2)31-22(27)14-20(17-4-7-19(29-3)8-5-17)25-23(28)18-6-9-21(24-15-18)26-10-12-30-13-11-26/h4-9,15-16,20H,10-14H2,1-3H3,(H,25,28). The maximum Gasteiger partial charge on any atom is 0.308 e. The van der Waals surface area contributed by atoms with Crippen LogP contribution in [0.4, 0.5) is 5.82 Å². The Balaban J connectivity index is 1.72. The first-order valence-corrected chi connectivity index (χ1v) is 10.4. The van der Waals surface area contributed by atoms with Crippen LogP contribution in [0, 0.1) is 0 Å². The Hall–Kier alpha value is -3.13. The quantitative estimate of drug-likeness (QED) is 0.648. The highest BCUT2D eigenvalue weighted by molar-refractivity contribution is 5.94. The number of hydrogen-bond acceptors (Lipinski definition) is 7. The van der Waals surface area contributed by atoms with Gasteiger partial charge in [-0.25, -0.2) is 4.98 Å². The minimum absolute atomic E-state index is 0.0234. The van der Waals surface area contributed by atoms with Crippen molar-refractivity contribution in [3.63, 3.8) is 0 Å². The van der Waals surface area contributed by atoms with E-state index in [9.17, 15) is 9.59 Å². The molecule has 1 N–H and O–H groups in total. The smallest absolute Gasteiger partial charge is 0.308 e. The van der Waals surface area contributed by atoms with Gasteiger partial charge in [-0.1, -0.05) is 12.1 Å². The summed E-state index contributed by atoms with van der Waals surface area (Å²) in [6.07, 6.45) is 1.35. The minimum atomic E-state index is -0.538. The number of morpholine rings is 1. The predicted molar refractivity (Wildman–Crippen MR) is 116 cm³/mol. The van der Waals surface area contributed by atoms with Crippen LogP contribution in [-0.2, 0) is 14.3 Å². The van der Waals surface area contributed by atoms with Crippen molar-refractivity contribution in [2.45, 2.75) is 32.4 Å². The van der Waals surface area contributed by atoms with Crippen LogP contribution >= 0.6 is 0 Å². The lowest BCUT2D eigenvalue weighted by Crippen LogP contribution is -2.36. The average Bonchev–Trinajstić information content (AvgIpc) is 2.79. The third kappa shape index (κ3) is 6.42. The van der Waals surface area contributed by atoms with E-state index in [1.54, 1.807) is 45.4 Å². The van der Waals surface area contributed by atoms with Gasteiger partial charge in [0.1, 0.15) is 11.6 Å². The predicted octanol–water partition coefficient (Wildman–Crippen LogP) is 2.74. The molecule has 0 bridgehead atoms. The number of nitrogens with zero attached hydrogens (tertiary/aromatic N) is 2. The van der Waals surface area contributed by atoms with Crippen molar-refractivity contribution in [1.29, 1.82) is 0 Å². The van der Waals surface area contributed by atoms with Crippen LogP contribution in [0.25, 0.3) is 0 Å². The second-order valence-electron chi connectivity index (χ2n) is 7.55. The maximum atomic E-state index is 12.9. The number of nitrogens with one attached hydrogen (secondary N) is 1. The van der Waals surface area contributed by atoms with Crippen LogP contribution < -0.4 is 15.0 Å². The first-order valence-electron chi connectivity index (χ1n) is 10.4. The van der Waals surface area contributed by atoms with E-state index in [0.717, 1.165) is 24.5 Å². The lowest BCUT2D eigenvalue weighted by molar-refractivity contribution is -0.147. The van der Waals surface area contributed by atoms with E-state index in [2.05, 4.69) is 15.2 Å². The van der Waals surface area contributed by atoms with Crippen LogP contribution in [0.5, 0.6) is 5.75 Å². The number of pyridine rings is 1. The van der Waals surface area contributed by atoms with Crippen molar-refractivity contribution in [3.8, 4) is 5.75 Å². The first kappa shape index (κ1) is 22.6. The summed E-state index contributed by atoms with van der Waals surface area (Å²) in [5.74, 6) is 0.824. The SMILES string of the molecule is COc1ccc(C(CC(=O)OC(C)C)NC(=O)c2ccc(N3CCOCC3)nc2)cc1. The van der Waals surface area contributed by atoms with Gasteiger partial charge in [-0.15, -0.1) is 0 Å². The molecular weight excluding hydrogens is 398 g/mol. The largest absolute Gasteiger partial charge is 0.497 e. The van der Waals surface area contributed by atoms with Crippen molar-refractivity contribution in [3.05, 3.63) is 53.7 Å². The zero-order valence-corrected chi connectivity index (χ0v) is 18.2. The number of aromatic nitrogens is 1. The molecule has 0 radical (unpaired) electrons. The van der Waals surface area contributed by atoms with E-state index >= 15 is 0 Å². The van der Waals surface area contributed by atoms with Gasteiger partial charge in [-0.05, 0) is 43.7 Å². The van der Waals surface area contributed by atoms with Gasteiger partial charge in [0.2, 0.25) is 0 Å². The summed E-state index contributed by atoms with van der Waals surface area (Å²) >= 11 is 0. The molecule has 0 spiro atoms. The number of esters is 1. The molecule has 8 heteroatoms. The summed E-state index contributed by atoms with van der Waals surface area (Å²) < 4.78 is 15.8. The van der Waals surface area contributed by atoms with Gasteiger partial charge in [0.05, 0.1) is 44.5 Å². The van der Waals surface area contributed by atoms with E-state index < -0.39 is 6.04 Å². The molecule has 3 rings (SSSR count). The summed E-state index contributed by atoms with van der Waals surface area (Å²) in [6.45, 7) is 6.47. The number of amides is 1. The Morgan fingerprint density at radius 3 is 2.42 bits per heavy atom. The fourth-order valence-electron chi connectivity index (χ4n) is 3.31. The molecule has 0 saturated carbocycles. The summed E-state index contributed by atoms with van der Waals surface area (Å²) in [5.41, 5.74) is 1.21. The lowest BCUT2D eigenvalue weighted by atomic mass is 10.0. The Labute approximate surface area is 182 Å². The van der Waals surface area contributed by atoms with Crippen LogP contribution in [0.1, 0.15) is 42.2 Å². The molecule has 2 heterocycles. The number of anilines is 1. The molecule has 1 amide bonds. The number of ether oxygens (including phenoxy) is 3. The molecule has 1 saturated heterocycles. The molecule has 1 aromatic heterocycles. The van der Waals surface area contributed by atoms with E-state index in [0.29, 0.717) is 24.5 Å². The van der Waals surface area contributed by atoms with E-state index in [4.69, 9.17) is 14.2 Å². The Morgan fingerprint density at radius 1 is 1.13 bits per heavy atom. The summed E-state index contributed by atoms with van der Waals surface area (Å²) in [5, 5.41) is 2.94. The molecule has 2 aromatic rings. The Morgan fingerprint density at radius 2 is 1.84 bits per heavy atom. The van der Waals surface area contributed by atoms with Gasteiger partial charge in [0, 0.05) is 19.3 Å². The molecule has 0 aliphatic carbocycles. The second kappa shape index (κ2) is 10.8. The Kier molecular flexibility index (Phi) is 7.83. The molecule has 1 fully saturated rings. The molecule has 1 aromatic carbocycles. The van der Waals surface area contributed by atoms with Gasteiger partial charge in [-0.3, -0.25) is 9.59 Å². The van der Waals surface area contributed by atoms with Gasteiger partial charge < -0.3 is 24.4 Å². The summed E-state index contributed by atoms with van der Waals surface area (Å²) in [7, 11) is 1.59. The van der Waals surface area contributed by atoms with Crippen molar-refractivity contribution in [2.24, 2.45) is 0 Å². The van der Waals surface area contributed by atoms with Gasteiger partial charge in [-0.2, -0.15) is 0 Å². The van der Waals surface area contributed by atoms with Crippen LogP contribution in [-0.4, -0.2) is 56.4 Å². The molecular formula is C23H29N3O5. The fourth-order valence-corrected chi connectivity index (χ4v) is 3.31. The van der Waals surface area contributed by atoms with E-state index in [-0.39, 0.29) is 24.4 Å². The van der Waals surface area contributed by atoms with Crippen LogP contribution in [0.15, 0.2) is 42.6 Å². The van der Waals surface area contributed by atoms with Crippen molar-refractivity contribution >= 4 is 17.7 Å². The molecule has 31 heavy (non-hydrogen) atoms. The van der Waals surface area contributed by atoms with Crippen LogP contribution in [0.2, 0.25) is 0 Å². The maximum absolute atomic E-state index is 12.9.